The Balaban J connectivity index is 1.82. The van der Waals surface area contributed by atoms with Crippen molar-refractivity contribution in [1.29, 1.82) is 0 Å². The van der Waals surface area contributed by atoms with Crippen LogP contribution in [0.25, 0.3) is 0 Å². The van der Waals surface area contributed by atoms with E-state index in [-0.39, 0.29) is 11.8 Å². The average molecular weight is 302 g/mol. The zero-order valence-electron chi connectivity index (χ0n) is 12.7. The number of ketones is 1. The Morgan fingerprint density at radius 3 is 2.17 bits per heavy atom. The van der Waals surface area contributed by atoms with E-state index in [0.717, 1.165) is 16.9 Å². The maximum Gasteiger partial charge on any atom is 0.165 e. The van der Waals surface area contributed by atoms with Crippen LogP contribution in [0.2, 0.25) is 0 Å². The van der Waals surface area contributed by atoms with E-state index in [1.54, 1.807) is 6.20 Å². The number of benzene rings is 2. The number of hydrogen-bond donors (Lipinski definition) is 1. The number of pyridine rings is 1. The van der Waals surface area contributed by atoms with Gasteiger partial charge in [-0.1, -0.05) is 54.6 Å². The molecular formula is C20H18N2O. The number of carbonyl (C=O) groups is 1. The summed E-state index contributed by atoms with van der Waals surface area (Å²) in [5.41, 5.74) is 2.56. The van der Waals surface area contributed by atoms with Gasteiger partial charge < -0.3 is 5.32 Å². The number of para-hydroxylation sites is 1. The van der Waals surface area contributed by atoms with Crippen LogP contribution in [-0.4, -0.2) is 10.8 Å². The Labute approximate surface area is 136 Å². The van der Waals surface area contributed by atoms with E-state index >= 15 is 0 Å². The molecule has 0 radical (unpaired) electrons. The number of anilines is 1. The lowest BCUT2D eigenvalue weighted by Gasteiger charge is -2.19. The molecule has 3 nitrogen and oxygen atoms in total. The number of aromatic nitrogens is 1. The molecule has 0 saturated heterocycles. The predicted molar refractivity (Wildman–Crippen MR) is 92.4 cm³/mol. The molecule has 3 heteroatoms. The van der Waals surface area contributed by atoms with Crippen molar-refractivity contribution in [2.45, 2.75) is 12.5 Å². The van der Waals surface area contributed by atoms with Crippen LogP contribution in [0.4, 0.5) is 5.69 Å². The first-order valence-corrected chi connectivity index (χ1v) is 7.64. The summed E-state index contributed by atoms with van der Waals surface area (Å²) in [5.74, 6) is 0.102. The van der Waals surface area contributed by atoms with Crippen molar-refractivity contribution in [2.75, 3.05) is 5.32 Å². The van der Waals surface area contributed by atoms with Crippen molar-refractivity contribution >= 4 is 11.5 Å². The summed E-state index contributed by atoms with van der Waals surface area (Å²) in [6.45, 7) is 0. The molecule has 3 aromatic rings. The molecule has 0 amide bonds. The Bertz CT molecular complexity index is 742. The molecular weight excluding hydrogens is 284 g/mol. The number of rotatable bonds is 6. The first kappa shape index (κ1) is 15.0. The Morgan fingerprint density at radius 2 is 1.52 bits per heavy atom. The van der Waals surface area contributed by atoms with Gasteiger partial charge in [0.2, 0.25) is 0 Å². The van der Waals surface area contributed by atoms with E-state index in [4.69, 9.17) is 0 Å². The molecule has 1 heterocycles. The molecule has 23 heavy (non-hydrogen) atoms. The zero-order valence-corrected chi connectivity index (χ0v) is 12.7. The summed E-state index contributed by atoms with van der Waals surface area (Å²) in [6, 6.07) is 24.9. The summed E-state index contributed by atoms with van der Waals surface area (Å²) in [6.07, 6.45) is 2.11. The van der Waals surface area contributed by atoms with Crippen molar-refractivity contribution in [1.82, 2.24) is 4.98 Å². The summed E-state index contributed by atoms with van der Waals surface area (Å²) >= 11 is 0. The lowest BCUT2D eigenvalue weighted by molar-refractivity contribution is 0.0976. The Kier molecular flexibility index (Phi) is 4.79. The first-order valence-electron chi connectivity index (χ1n) is 7.64. The molecule has 0 bridgehead atoms. The fourth-order valence-corrected chi connectivity index (χ4v) is 2.47. The summed E-state index contributed by atoms with van der Waals surface area (Å²) in [5, 5.41) is 3.41. The minimum absolute atomic E-state index is 0.102. The fourth-order valence-electron chi connectivity index (χ4n) is 2.47. The average Bonchev–Trinajstić information content (AvgIpc) is 2.63. The van der Waals surface area contributed by atoms with Gasteiger partial charge in [0.15, 0.2) is 5.78 Å². The van der Waals surface area contributed by atoms with Crippen LogP contribution < -0.4 is 5.32 Å². The topological polar surface area (TPSA) is 42.0 Å². The molecule has 0 aliphatic heterocycles. The van der Waals surface area contributed by atoms with Gasteiger partial charge in [0.1, 0.15) is 0 Å². The lowest BCUT2D eigenvalue weighted by Crippen LogP contribution is -2.16. The van der Waals surface area contributed by atoms with Gasteiger partial charge in [0, 0.05) is 23.9 Å². The number of hydrogen-bond acceptors (Lipinski definition) is 3. The van der Waals surface area contributed by atoms with Gasteiger partial charge in [0.05, 0.1) is 11.7 Å². The van der Waals surface area contributed by atoms with Crippen LogP contribution in [0.1, 0.15) is 28.5 Å². The number of nitrogens with one attached hydrogen (secondary N) is 1. The molecule has 0 spiro atoms. The minimum Gasteiger partial charge on any atom is -0.376 e. The van der Waals surface area contributed by atoms with Gasteiger partial charge >= 0.3 is 0 Å². The third-order valence-electron chi connectivity index (χ3n) is 3.64. The largest absolute Gasteiger partial charge is 0.376 e. The fraction of sp³-hybridized carbons (Fsp3) is 0.100. The second-order valence-corrected chi connectivity index (χ2v) is 5.31. The highest BCUT2D eigenvalue weighted by Gasteiger charge is 2.18. The van der Waals surface area contributed by atoms with Crippen molar-refractivity contribution in [2.24, 2.45) is 0 Å². The van der Waals surface area contributed by atoms with E-state index in [0.29, 0.717) is 6.42 Å². The van der Waals surface area contributed by atoms with Crippen molar-refractivity contribution in [3.63, 3.8) is 0 Å². The molecule has 1 unspecified atom stereocenters. The highest BCUT2D eigenvalue weighted by molar-refractivity contribution is 5.96. The summed E-state index contributed by atoms with van der Waals surface area (Å²) < 4.78 is 0. The smallest absolute Gasteiger partial charge is 0.165 e. The maximum absolute atomic E-state index is 12.6. The first-order chi connectivity index (χ1) is 11.3. The normalized spacial score (nSPS) is 11.7. The molecule has 0 saturated carbocycles. The maximum atomic E-state index is 12.6. The van der Waals surface area contributed by atoms with Gasteiger partial charge in [-0.25, -0.2) is 0 Å². The van der Waals surface area contributed by atoms with E-state index in [9.17, 15) is 4.79 Å². The SMILES string of the molecule is O=C(CC(Nc1ccccc1)c1ccccn1)c1ccccc1. The van der Waals surface area contributed by atoms with Gasteiger partial charge in [0.25, 0.3) is 0 Å². The molecule has 0 aliphatic carbocycles. The number of nitrogens with zero attached hydrogens (tertiary/aromatic N) is 1. The van der Waals surface area contributed by atoms with Crippen molar-refractivity contribution in [3.05, 3.63) is 96.3 Å². The molecule has 1 N–H and O–H groups in total. The quantitative estimate of drug-likeness (QED) is 0.681. The molecule has 0 aliphatic rings. The van der Waals surface area contributed by atoms with E-state index < -0.39 is 0 Å². The van der Waals surface area contributed by atoms with Gasteiger partial charge in [-0.05, 0) is 24.3 Å². The highest BCUT2D eigenvalue weighted by Crippen LogP contribution is 2.22. The van der Waals surface area contributed by atoms with Crippen LogP contribution in [0.15, 0.2) is 85.1 Å². The molecule has 1 atom stereocenters. The number of Topliss-reactive ketones (excluding diaryl/α,β-unsaturated/α-hetero) is 1. The van der Waals surface area contributed by atoms with E-state index in [1.165, 1.54) is 0 Å². The molecule has 3 rings (SSSR count). The number of carbonyl (C=O) groups excluding carboxylic acids is 1. The van der Waals surface area contributed by atoms with E-state index in [1.807, 2.05) is 78.9 Å². The Hall–Kier alpha value is -2.94. The highest BCUT2D eigenvalue weighted by atomic mass is 16.1. The van der Waals surface area contributed by atoms with Crippen LogP contribution in [0.3, 0.4) is 0 Å². The lowest BCUT2D eigenvalue weighted by atomic mass is 10.0. The van der Waals surface area contributed by atoms with Crippen molar-refractivity contribution < 1.29 is 4.79 Å². The molecule has 0 fully saturated rings. The van der Waals surface area contributed by atoms with Gasteiger partial charge in [-0.2, -0.15) is 0 Å². The third-order valence-corrected chi connectivity index (χ3v) is 3.64. The third kappa shape index (κ3) is 4.04. The van der Waals surface area contributed by atoms with Gasteiger partial charge in [-0.3, -0.25) is 9.78 Å². The molecule has 1 aromatic heterocycles. The van der Waals surface area contributed by atoms with Crippen LogP contribution in [-0.2, 0) is 0 Å². The summed E-state index contributed by atoms with van der Waals surface area (Å²) in [7, 11) is 0. The zero-order chi connectivity index (χ0) is 15.9. The van der Waals surface area contributed by atoms with Crippen LogP contribution in [0.5, 0.6) is 0 Å². The molecule has 114 valence electrons. The minimum atomic E-state index is -0.161. The second kappa shape index (κ2) is 7.36. The summed E-state index contributed by atoms with van der Waals surface area (Å²) in [4.78, 5) is 17.0. The van der Waals surface area contributed by atoms with Crippen molar-refractivity contribution in [3.8, 4) is 0 Å². The monoisotopic (exact) mass is 302 g/mol. The Morgan fingerprint density at radius 1 is 0.870 bits per heavy atom. The molecule has 2 aromatic carbocycles. The van der Waals surface area contributed by atoms with Crippen LogP contribution >= 0.6 is 0 Å². The van der Waals surface area contributed by atoms with Crippen LogP contribution in [0, 0.1) is 0 Å². The standard InChI is InChI=1S/C20H18N2O/c23-20(16-9-3-1-4-10-16)15-19(18-13-7-8-14-21-18)22-17-11-5-2-6-12-17/h1-14,19,22H,15H2. The van der Waals surface area contributed by atoms with Gasteiger partial charge in [-0.15, -0.1) is 0 Å². The predicted octanol–water partition coefficient (Wildman–Crippen LogP) is 4.51. The van der Waals surface area contributed by atoms with E-state index in [2.05, 4.69) is 10.3 Å². The second-order valence-electron chi connectivity index (χ2n) is 5.31.